The summed E-state index contributed by atoms with van der Waals surface area (Å²) < 4.78 is 13.8. The number of likely N-dealkylation sites (tertiary alicyclic amines) is 1. The largest absolute Gasteiger partial charge is 0.489 e. The van der Waals surface area contributed by atoms with Gasteiger partial charge in [-0.1, -0.05) is 35.9 Å². The first-order chi connectivity index (χ1) is 16.4. The van der Waals surface area contributed by atoms with E-state index in [9.17, 15) is 4.79 Å². The second-order valence-electron chi connectivity index (χ2n) is 11.0. The van der Waals surface area contributed by atoms with Gasteiger partial charge in [-0.25, -0.2) is 4.79 Å². The first-order valence-electron chi connectivity index (χ1n) is 12.1. The van der Waals surface area contributed by atoms with Gasteiger partial charge in [-0.05, 0) is 59.6 Å². The van der Waals surface area contributed by atoms with Gasteiger partial charge in [0.25, 0.3) is 0 Å². The van der Waals surface area contributed by atoms with Crippen LogP contribution in [-0.4, -0.2) is 50.0 Å². The number of rotatable bonds is 5. The van der Waals surface area contributed by atoms with Crippen molar-refractivity contribution in [3.63, 3.8) is 0 Å². The van der Waals surface area contributed by atoms with Crippen molar-refractivity contribution >= 4 is 29.3 Å². The summed E-state index contributed by atoms with van der Waals surface area (Å²) in [5.41, 5.74) is 0.0119. The molecular formula is C26H34Cl2N4O3. The number of nitrogens with zero attached hydrogens (tertiary/aromatic N) is 4. The number of piperidine rings is 1. The number of aromatic nitrogens is 3. The first-order valence-corrected chi connectivity index (χ1v) is 12.8. The normalized spacial score (nSPS) is 21.5. The molecular weight excluding hydrogens is 487 g/mol. The highest BCUT2D eigenvalue weighted by molar-refractivity contribution is 6.42. The summed E-state index contributed by atoms with van der Waals surface area (Å²) in [6, 6.07) is 3.62. The zero-order valence-corrected chi connectivity index (χ0v) is 22.6. The van der Waals surface area contributed by atoms with Crippen LogP contribution in [0.25, 0.3) is 0 Å². The molecule has 0 spiro atoms. The van der Waals surface area contributed by atoms with Crippen molar-refractivity contribution in [1.29, 1.82) is 0 Å². The van der Waals surface area contributed by atoms with E-state index in [1.54, 1.807) is 12.1 Å². The summed E-state index contributed by atoms with van der Waals surface area (Å²) in [5, 5.41) is 10.1. The van der Waals surface area contributed by atoms with E-state index in [1.807, 2.05) is 31.7 Å². The van der Waals surface area contributed by atoms with Crippen LogP contribution in [0.15, 0.2) is 24.8 Å². The third-order valence-corrected chi connectivity index (χ3v) is 7.52. The first kappa shape index (κ1) is 25.8. The lowest BCUT2D eigenvalue weighted by Crippen LogP contribution is -2.53. The molecule has 0 aliphatic carbocycles. The molecule has 4 rings (SSSR count). The Morgan fingerprint density at radius 3 is 2.66 bits per heavy atom. The Kier molecular flexibility index (Phi) is 7.13. The van der Waals surface area contributed by atoms with Crippen LogP contribution in [0.3, 0.4) is 0 Å². The second-order valence-corrected chi connectivity index (χ2v) is 11.8. The van der Waals surface area contributed by atoms with E-state index in [4.69, 9.17) is 32.7 Å². The Balaban J connectivity index is 1.54. The predicted octanol–water partition coefficient (Wildman–Crippen LogP) is 6.38. The Labute approximate surface area is 217 Å². The van der Waals surface area contributed by atoms with Crippen molar-refractivity contribution < 1.29 is 14.3 Å². The molecule has 190 valence electrons. The number of hydrogen-bond donors (Lipinski definition) is 0. The van der Waals surface area contributed by atoms with Crippen molar-refractivity contribution in [2.45, 2.75) is 83.4 Å². The predicted molar refractivity (Wildman–Crippen MR) is 138 cm³/mol. The third-order valence-electron chi connectivity index (χ3n) is 6.70. The van der Waals surface area contributed by atoms with Crippen molar-refractivity contribution in [3.8, 4) is 5.75 Å². The van der Waals surface area contributed by atoms with Crippen LogP contribution in [0.1, 0.15) is 76.5 Å². The van der Waals surface area contributed by atoms with Gasteiger partial charge in [0.1, 0.15) is 29.6 Å². The van der Waals surface area contributed by atoms with Crippen LogP contribution < -0.4 is 4.74 Å². The number of benzene rings is 1. The van der Waals surface area contributed by atoms with E-state index in [0.717, 1.165) is 35.8 Å². The second kappa shape index (κ2) is 9.66. The Bertz CT molecular complexity index is 1120. The van der Waals surface area contributed by atoms with Crippen molar-refractivity contribution in [2.75, 3.05) is 13.2 Å². The lowest BCUT2D eigenvalue weighted by Gasteiger charge is -2.45. The Morgan fingerprint density at radius 1 is 1.26 bits per heavy atom. The molecule has 0 bridgehead atoms. The fourth-order valence-corrected chi connectivity index (χ4v) is 5.66. The molecule has 2 atom stereocenters. The van der Waals surface area contributed by atoms with E-state index >= 15 is 0 Å². The van der Waals surface area contributed by atoms with Crippen LogP contribution in [-0.2, 0) is 17.7 Å². The summed E-state index contributed by atoms with van der Waals surface area (Å²) in [4.78, 5) is 14.6. The molecule has 1 aromatic heterocycles. The number of carbonyl (C=O) groups is 1. The molecule has 35 heavy (non-hydrogen) atoms. The molecule has 1 amide bonds. The van der Waals surface area contributed by atoms with Crippen molar-refractivity contribution in [2.24, 2.45) is 0 Å². The molecule has 0 saturated carbocycles. The minimum Gasteiger partial charge on any atom is -0.489 e. The van der Waals surface area contributed by atoms with Gasteiger partial charge in [0.2, 0.25) is 0 Å². The minimum absolute atomic E-state index is 0.0835. The van der Waals surface area contributed by atoms with Crippen LogP contribution in [0.2, 0.25) is 10.0 Å². The average Bonchev–Trinajstić information content (AvgIpc) is 3.33. The summed E-state index contributed by atoms with van der Waals surface area (Å²) in [6.45, 7) is 15.3. The molecule has 7 nitrogen and oxygen atoms in total. The zero-order valence-electron chi connectivity index (χ0n) is 21.1. The number of amides is 1. The van der Waals surface area contributed by atoms with Crippen molar-refractivity contribution in [3.05, 3.63) is 52.0 Å². The Morgan fingerprint density at radius 2 is 2.00 bits per heavy atom. The van der Waals surface area contributed by atoms with Gasteiger partial charge in [0.15, 0.2) is 0 Å². The van der Waals surface area contributed by atoms with E-state index in [1.165, 1.54) is 0 Å². The summed E-state index contributed by atoms with van der Waals surface area (Å²) in [7, 11) is 0. The highest BCUT2D eigenvalue weighted by Crippen LogP contribution is 2.44. The number of halogens is 2. The van der Waals surface area contributed by atoms with Gasteiger partial charge in [0, 0.05) is 42.4 Å². The maximum atomic E-state index is 12.8. The molecule has 0 N–H and O–H groups in total. The van der Waals surface area contributed by atoms with Crippen LogP contribution in [0.5, 0.6) is 5.75 Å². The quantitative estimate of drug-likeness (QED) is 0.427. The molecule has 3 heterocycles. The lowest BCUT2D eigenvalue weighted by atomic mass is 9.82. The third kappa shape index (κ3) is 5.31. The lowest BCUT2D eigenvalue weighted by molar-refractivity contribution is -0.00991. The number of ether oxygens (including phenoxy) is 2. The molecule has 9 heteroatoms. The van der Waals surface area contributed by atoms with Gasteiger partial charge in [-0.15, -0.1) is 10.2 Å². The van der Waals surface area contributed by atoms with Crippen LogP contribution in [0, 0.1) is 0 Å². The molecule has 1 saturated heterocycles. The topological polar surface area (TPSA) is 69.5 Å². The standard InChI is InChI=1S/C26H34Cl2N4O3/c1-7-12-34-19-9-8-18(27)22(28)21(19)17-13-20-29-30-23(31(20)15-17)16-10-11-32(26(5,6)14-16)24(33)35-25(2,3)4/h7-9,16-17H,1,10-15H2,2-6H3. The monoisotopic (exact) mass is 520 g/mol. The van der Waals surface area contributed by atoms with Crippen LogP contribution in [0.4, 0.5) is 4.79 Å². The summed E-state index contributed by atoms with van der Waals surface area (Å²) >= 11 is 13.0. The van der Waals surface area contributed by atoms with E-state index in [0.29, 0.717) is 36.2 Å². The molecule has 2 aliphatic rings. The maximum absolute atomic E-state index is 12.8. The number of hydrogen-bond acceptors (Lipinski definition) is 5. The fourth-order valence-electron chi connectivity index (χ4n) is 5.18. The molecule has 2 aliphatic heterocycles. The van der Waals surface area contributed by atoms with Crippen molar-refractivity contribution in [1.82, 2.24) is 19.7 Å². The molecule has 1 aromatic carbocycles. The SMILES string of the molecule is C=CCOc1ccc(Cl)c(Cl)c1C1Cc2nnc(C3CCN(C(=O)OC(C)(C)C)C(C)(C)C3)n2C1. The Hall–Kier alpha value is -2.25. The average molecular weight is 521 g/mol. The van der Waals surface area contributed by atoms with Gasteiger partial charge >= 0.3 is 6.09 Å². The van der Waals surface area contributed by atoms with E-state index < -0.39 is 5.60 Å². The number of fused-ring (bicyclic) bond motifs is 1. The smallest absolute Gasteiger partial charge is 0.410 e. The van der Waals surface area contributed by atoms with Gasteiger partial charge in [-0.3, -0.25) is 0 Å². The van der Waals surface area contributed by atoms with Gasteiger partial charge in [-0.2, -0.15) is 0 Å². The van der Waals surface area contributed by atoms with Gasteiger partial charge < -0.3 is 18.9 Å². The minimum atomic E-state index is -0.525. The summed E-state index contributed by atoms with van der Waals surface area (Å²) in [5.74, 6) is 2.89. The molecule has 1 fully saturated rings. The molecule has 0 radical (unpaired) electrons. The number of carbonyl (C=O) groups excluding carboxylic acids is 1. The fraction of sp³-hybridized carbons (Fsp3) is 0.577. The maximum Gasteiger partial charge on any atom is 0.410 e. The van der Waals surface area contributed by atoms with E-state index in [-0.39, 0.29) is 23.5 Å². The highest BCUT2D eigenvalue weighted by atomic mass is 35.5. The van der Waals surface area contributed by atoms with E-state index in [2.05, 4.69) is 35.2 Å². The summed E-state index contributed by atoms with van der Waals surface area (Å²) in [6.07, 6.45) is 3.73. The highest BCUT2D eigenvalue weighted by Gasteiger charge is 2.42. The zero-order chi connectivity index (χ0) is 25.5. The molecule has 2 aromatic rings. The molecule has 2 unspecified atom stereocenters. The van der Waals surface area contributed by atoms with Gasteiger partial charge in [0.05, 0.1) is 10.0 Å². The van der Waals surface area contributed by atoms with Crippen LogP contribution >= 0.6 is 23.2 Å².